The van der Waals surface area contributed by atoms with Crippen molar-refractivity contribution in [3.8, 4) is 23.0 Å². The number of fused-ring (bicyclic) bond motifs is 11. The zero-order chi connectivity index (χ0) is 64.2. The summed E-state index contributed by atoms with van der Waals surface area (Å²) in [4.78, 5) is 63.2. The average molecular weight is 1240 g/mol. The second-order valence-electron chi connectivity index (χ2n) is 27.9. The number of aromatic hydroxyl groups is 4. The summed E-state index contributed by atoms with van der Waals surface area (Å²) >= 11 is 0. The molecule has 6 aromatic carbocycles. The zero-order valence-corrected chi connectivity index (χ0v) is 55.4. The van der Waals surface area contributed by atoms with Crippen LogP contribution in [0, 0.1) is 0 Å². The Morgan fingerprint density at radius 2 is 0.693 bits per heavy atom. The van der Waals surface area contributed by atoms with Crippen LogP contribution in [0.1, 0.15) is 161 Å². The minimum Gasteiger partial charge on any atom is -0.507 e. The monoisotopic (exact) mass is 1230 g/mol. The molecule has 88 heavy (non-hydrogen) atoms. The van der Waals surface area contributed by atoms with Gasteiger partial charge >= 0.3 is 11.9 Å². The number of esters is 2. The minimum atomic E-state index is -1.19. The molecule has 3 heterocycles. The number of ether oxygens (including phenoxy) is 2. The standard InChI is InChI=1S/C72H90N4O10S2/c1-69(2,3)53-29-45-27-46-30-54(70(4,5)6)35-51(62(46)78)39-76-40-52-36-56(72(10,11)12)32-48(64(52)80)28-47-31-55(71(7,8)9)34-50(63(47)79)38-75(37-49(33-53)61(45)77)59(25-43-21-17-15-18-22-43)65(81)73-57(67(83)85-13)41-87-88-42-58(68(84)86-14)74-66(82)60(76)26-44-23-19-16-20-24-44/h15-24,29-36,57-60,77-80H,25-28,37-42H2,1-14H3,(H,73,81)(H,74,82)/t57-,58-,59-,60+/m1/s1. The Hall–Kier alpha value is -6.98. The van der Waals surface area contributed by atoms with Gasteiger partial charge in [0.2, 0.25) is 11.8 Å². The smallest absolute Gasteiger partial charge is 0.329 e. The summed E-state index contributed by atoms with van der Waals surface area (Å²) in [6.07, 6.45) is 0.410. The van der Waals surface area contributed by atoms with Gasteiger partial charge in [-0.1, -0.05) is 214 Å². The molecule has 0 radical (unpaired) electrons. The minimum absolute atomic E-state index is 0.00000708. The number of rotatable bonds is 6. The molecule has 0 unspecified atom stereocenters. The van der Waals surface area contributed by atoms with Gasteiger partial charge in [0.05, 0.1) is 26.3 Å². The summed E-state index contributed by atoms with van der Waals surface area (Å²) < 4.78 is 10.7. The number of methoxy groups -OCH3 is 2. The Balaban J connectivity index is 1.52. The van der Waals surface area contributed by atoms with Crippen molar-refractivity contribution in [1.29, 1.82) is 0 Å². The molecule has 4 atom stereocenters. The first kappa shape index (κ1) is 67.0. The maximum Gasteiger partial charge on any atom is 0.329 e. The number of phenols is 4. The van der Waals surface area contributed by atoms with Crippen LogP contribution in [-0.2, 0) is 102 Å². The van der Waals surface area contributed by atoms with Crippen molar-refractivity contribution < 1.29 is 49.1 Å². The predicted molar refractivity (Wildman–Crippen MR) is 352 cm³/mol. The van der Waals surface area contributed by atoms with E-state index in [9.17, 15) is 30.0 Å². The fourth-order valence-electron chi connectivity index (χ4n) is 11.5. The van der Waals surface area contributed by atoms with Gasteiger partial charge in [-0.05, 0) is 90.1 Å². The van der Waals surface area contributed by atoms with Crippen molar-refractivity contribution in [3.63, 3.8) is 0 Å². The second kappa shape index (κ2) is 27.4. The number of hydrogen-bond acceptors (Lipinski definition) is 14. The van der Waals surface area contributed by atoms with Crippen LogP contribution >= 0.6 is 21.6 Å². The van der Waals surface area contributed by atoms with Crippen LogP contribution in [0.4, 0.5) is 0 Å². The normalized spacial score (nSPS) is 20.3. The lowest BCUT2D eigenvalue weighted by atomic mass is 9.81. The maximum absolute atomic E-state index is 15.7. The SMILES string of the molecule is COC(=O)[C@H]1CSSC[C@H](C(=O)OC)NC(=O)[C@H](Cc2ccccc2)N2Cc3cc(C(C)(C)C)cc(c3O)Cc3cc(C(C)(C)C)cc(c3O)CN(Cc3cc(C(C)(C)C)cc(c3O)Cc3cc(C(C)(C)C)cc(c3O)C2)[C@H](Cc2ccccc2)C(=O)N1. The van der Waals surface area contributed by atoms with Crippen LogP contribution in [0.3, 0.4) is 0 Å². The van der Waals surface area contributed by atoms with Gasteiger partial charge in [-0.25, -0.2) is 9.59 Å². The Morgan fingerprint density at radius 3 is 0.932 bits per heavy atom. The highest BCUT2D eigenvalue weighted by atomic mass is 33.1. The van der Waals surface area contributed by atoms with E-state index in [-0.39, 0.29) is 86.4 Å². The van der Waals surface area contributed by atoms with E-state index < -0.39 is 69.6 Å². The molecule has 9 rings (SSSR count). The molecule has 3 aliphatic rings. The van der Waals surface area contributed by atoms with E-state index in [0.29, 0.717) is 44.5 Å². The van der Waals surface area contributed by atoms with Crippen molar-refractivity contribution in [2.24, 2.45) is 0 Å². The first-order valence-corrected chi connectivity index (χ1v) is 32.8. The van der Waals surface area contributed by atoms with Crippen LogP contribution in [-0.4, -0.2) is 104 Å². The van der Waals surface area contributed by atoms with E-state index in [1.54, 1.807) is 0 Å². The summed E-state index contributed by atoms with van der Waals surface area (Å²) in [5.74, 6) is -2.60. The molecular weight excluding hydrogens is 1140 g/mol. The molecule has 0 saturated heterocycles. The van der Waals surface area contributed by atoms with Crippen molar-refractivity contribution in [2.75, 3.05) is 25.7 Å². The summed E-state index contributed by atoms with van der Waals surface area (Å²) in [6, 6.07) is 30.3. The Morgan fingerprint density at radius 1 is 0.443 bits per heavy atom. The fourth-order valence-corrected chi connectivity index (χ4v) is 13.8. The Kier molecular flexibility index (Phi) is 20.9. The molecule has 6 aromatic rings. The summed E-state index contributed by atoms with van der Waals surface area (Å²) in [7, 11) is 4.93. The molecule has 14 nitrogen and oxygen atoms in total. The van der Waals surface area contributed by atoms with Crippen LogP contribution < -0.4 is 10.6 Å². The van der Waals surface area contributed by atoms with E-state index in [0.717, 1.165) is 33.4 Å². The highest BCUT2D eigenvalue weighted by Gasteiger charge is 2.37. The number of hydrogen-bond donors (Lipinski definition) is 6. The average Bonchev–Trinajstić information content (AvgIpc) is 1.60. The van der Waals surface area contributed by atoms with Gasteiger partial charge in [0, 0.05) is 72.8 Å². The quantitative estimate of drug-likeness (QED) is 0.0680. The number of nitrogens with one attached hydrogen (secondary N) is 2. The van der Waals surface area contributed by atoms with E-state index >= 15 is 9.59 Å². The fraction of sp³-hybridized carbons (Fsp3) is 0.444. The van der Waals surface area contributed by atoms with E-state index in [2.05, 4.69) is 93.7 Å². The van der Waals surface area contributed by atoms with Crippen LogP contribution in [0.25, 0.3) is 0 Å². The summed E-state index contributed by atoms with van der Waals surface area (Å²) in [6.45, 7) is 25.0. The third kappa shape index (κ3) is 16.3. The van der Waals surface area contributed by atoms with Crippen molar-refractivity contribution in [1.82, 2.24) is 20.4 Å². The van der Waals surface area contributed by atoms with Crippen molar-refractivity contribution >= 4 is 45.3 Å². The zero-order valence-electron chi connectivity index (χ0n) is 53.7. The molecule has 10 bridgehead atoms. The van der Waals surface area contributed by atoms with Crippen molar-refractivity contribution in [3.05, 3.63) is 187 Å². The van der Waals surface area contributed by atoms with Crippen LogP contribution in [0.15, 0.2) is 109 Å². The number of nitrogens with zero attached hydrogens (tertiary/aromatic N) is 2. The van der Waals surface area contributed by atoms with Crippen molar-refractivity contribution in [2.45, 2.75) is 181 Å². The molecule has 3 aliphatic heterocycles. The topological polar surface area (TPSA) is 198 Å². The largest absolute Gasteiger partial charge is 0.507 e. The van der Waals surface area contributed by atoms with Crippen LogP contribution in [0.2, 0.25) is 0 Å². The highest BCUT2D eigenvalue weighted by molar-refractivity contribution is 8.76. The van der Waals surface area contributed by atoms with Gasteiger partial charge in [0.1, 0.15) is 35.1 Å². The molecule has 6 N–H and O–H groups in total. The Labute approximate surface area is 528 Å². The van der Waals surface area contributed by atoms with Gasteiger partial charge < -0.3 is 40.5 Å². The molecule has 470 valence electrons. The molecule has 2 amide bonds. The lowest BCUT2D eigenvalue weighted by molar-refractivity contribution is -0.145. The van der Waals surface area contributed by atoms with Gasteiger partial charge in [-0.15, -0.1) is 0 Å². The maximum atomic E-state index is 15.7. The molecule has 0 aromatic heterocycles. The Bertz CT molecular complexity index is 3140. The van der Waals surface area contributed by atoms with Gasteiger partial charge in [-0.2, -0.15) is 0 Å². The lowest BCUT2D eigenvalue weighted by Crippen LogP contribution is -2.53. The van der Waals surface area contributed by atoms with Gasteiger partial charge in [0.15, 0.2) is 0 Å². The predicted octanol–water partition coefficient (Wildman–Crippen LogP) is 12.1. The highest BCUT2D eigenvalue weighted by Crippen LogP contribution is 2.42. The first-order chi connectivity index (χ1) is 41.3. The van der Waals surface area contributed by atoms with E-state index in [1.807, 2.05) is 119 Å². The molecule has 0 fully saturated rings. The number of benzene rings is 6. The molecule has 0 spiro atoms. The number of amides is 2. The third-order valence-corrected chi connectivity index (χ3v) is 19.4. The lowest BCUT2D eigenvalue weighted by Gasteiger charge is -2.34. The summed E-state index contributed by atoms with van der Waals surface area (Å²) in [5, 5.41) is 58.3. The second-order valence-corrected chi connectivity index (χ2v) is 30.4. The first-order valence-electron chi connectivity index (χ1n) is 30.3. The summed E-state index contributed by atoms with van der Waals surface area (Å²) in [5.41, 5.74) is 7.39. The molecular formula is C72H90N4O10S2. The van der Waals surface area contributed by atoms with Crippen LogP contribution in [0.5, 0.6) is 23.0 Å². The third-order valence-electron chi connectivity index (χ3n) is 17.0. The van der Waals surface area contributed by atoms with E-state index in [4.69, 9.17) is 9.47 Å². The molecule has 0 aliphatic carbocycles. The van der Waals surface area contributed by atoms with Gasteiger partial charge in [-0.3, -0.25) is 19.4 Å². The molecule has 0 saturated carbocycles. The number of carbonyl (C=O) groups is 4. The number of carbonyl (C=O) groups excluding carboxylic acids is 4. The van der Waals surface area contributed by atoms with E-state index in [1.165, 1.54) is 35.8 Å². The molecule has 16 heteroatoms. The van der Waals surface area contributed by atoms with Gasteiger partial charge in [0.25, 0.3) is 0 Å². The number of phenolic OH excluding ortho intramolecular Hbond substituents is 4.